The zero-order chi connectivity index (χ0) is 14.7. The molecule has 0 saturated carbocycles. The highest BCUT2D eigenvalue weighted by molar-refractivity contribution is 8.06. The Morgan fingerprint density at radius 1 is 1.33 bits per heavy atom. The molecule has 21 heavy (non-hydrogen) atoms. The number of rotatable bonds is 4. The monoisotopic (exact) mass is 323 g/mol. The van der Waals surface area contributed by atoms with Gasteiger partial charge in [-0.3, -0.25) is 0 Å². The molecule has 5 nitrogen and oxygen atoms in total. The number of nitrogens with two attached hydrogens (primary N) is 1. The summed E-state index contributed by atoms with van der Waals surface area (Å²) in [4.78, 5) is 4.46. The van der Waals surface area contributed by atoms with Crippen LogP contribution in [-0.4, -0.2) is 32.5 Å². The minimum atomic E-state index is -0.322. The minimum Gasteiger partial charge on any atom is -0.508 e. The normalized spacial score (nSPS) is 20.3. The third kappa shape index (κ3) is 3.72. The summed E-state index contributed by atoms with van der Waals surface area (Å²) in [6.07, 6.45) is 0.606. The maximum Gasteiger partial charge on any atom is 0.243 e. The summed E-state index contributed by atoms with van der Waals surface area (Å²) < 4.78 is 5.32. The predicted octanol–water partition coefficient (Wildman–Crippen LogP) is 2.54. The van der Waals surface area contributed by atoms with Crippen LogP contribution in [0, 0.1) is 0 Å². The van der Waals surface area contributed by atoms with Crippen molar-refractivity contribution in [1.82, 2.24) is 10.1 Å². The Hall–Kier alpha value is -1.18. The molecule has 0 radical (unpaired) electrons. The number of thioether (sulfide) groups is 2. The number of nitrogens with zero attached hydrogens (tertiary/aromatic N) is 2. The smallest absolute Gasteiger partial charge is 0.243 e. The fourth-order valence-corrected chi connectivity index (χ4v) is 4.73. The van der Waals surface area contributed by atoms with Gasteiger partial charge >= 0.3 is 0 Å². The zero-order valence-electron chi connectivity index (χ0n) is 11.4. The minimum absolute atomic E-state index is 0.249. The topological polar surface area (TPSA) is 85.2 Å². The highest BCUT2D eigenvalue weighted by Gasteiger charge is 2.23. The summed E-state index contributed by atoms with van der Waals surface area (Å²) in [5.74, 6) is 4.82. The summed E-state index contributed by atoms with van der Waals surface area (Å²) in [7, 11) is 0. The van der Waals surface area contributed by atoms with Gasteiger partial charge in [0.15, 0.2) is 5.82 Å². The molecule has 3 rings (SSSR count). The van der Waals surface area contributed by atoms with E-state index in [4.69, 9.17) is 10.3 Å². The van der Waals surface area contributed by atoms with Crippen molar-refractivity contribution in [3.8, 4) is 5.75 Å². The lowest BCUT2D eigenvalue weighted by Crippen LogP contribution is -2.14. The maximum absolute atomic E-state index is 9.28. The molecule has 2 atom stereocenters. The fourth-order valence-electron chi connectivity index (χ4n) is 2.14. The van der Waals surface area contributed by atoms with E-state index in [0.717, 1.165) is 22.9 Å². The van der Waals surface area contributed by atoms with Crippen molar-refractivity contribution in [3.63, 3.8) is 0 Å². The zero-order valence-corrected chi connectivity index (χ0v) is 13.1. The van der Waals surface area contributed by atoms with Gasteiger partial charge in [0.2, 0.25) is 5.89 Å². The van der Waals surface area contributed by atoms with Gasteiger partial charge in [-0.05, 0) is 24.1 Å². The van der Waals surface area contributed by atoms with Crippen molar-refractivity contribution in [2.24, 2.45) is 5.73 Å². The lowest BCUT2D eigenvalue weighted by atomic mass is 10.1. The van der Waals surface area contributed by atoms with Gasteiger partial charge in [0.25, 0.3) is 0 Å². The molecule has 2 heterocycles. The Morgan fingerprint density at radius 3 is 2.86 bits per heavy atom. The lowest BCUT2D eigenvalue weighted by Gasteiger charge is -2.17. The Kier molecular flexibility index (Phi) is 4.72. The van der Waals surface area contributed by atoms with Gasteiger partial charge in [-0.25, -0.2) is 0 Å². The molecule has 2 aromatic rings. The van der Waals surface area contributed by atoms with E-state index < -0.39 is 0 Å². The Morgan fingerprint density at radius 2 is 2.14 bits per heavy atom. The van der Waals surface area contributed by atoms with Crippen molar-refractivity contribution >= 4 is 23.5 Å². The number of aromatic hydroxyl groups is 1. The van der Waals surface area contributed by atoms with Crippen LogP contribution in [0.3, 0.4) is 0 Å². The van der Waals surface area contributed by atoms with Crippen molar-refractivity contribution in [2.75, 3.05) is 17.3 Å². The molecule has 0 spiro atoms. The standard InChI is InChI=1S/C14H17N3O2S2/c15-11(7-9-1-3-10(18)4-2-9)14-16-13(17-19-14)12-8-20-5-6-21-12/h1-4,11-12,18H,5-8,15H2. The molecule has 7 heteroatoms. The first kappa shape index (κ1) is 14.7. The van der Waals surface area contributed by atoms with E-state index in [1.165, 1.54) is 5.75 Å². The third-order valence-electron chi connectivity index (χ3n) is 3.27. The van der Waals surface area contributed by atoms with Crippen LogP contribution >= 0.6 is 23.5 Å². The maximum atomic E-state index is 9.28. The van der Waals surface area contributed by atoms with E-state index in [1.807, 2.05) is 35.7 Å². The molecule has 1 saturated heterocycles. The average molecular weight is 323 g/mol. The van der Waals surface area contributed by atoms with E-state index >= 15 is 0 Å². The highest BCUT2D eigenvalue weighted by Crippen LogP contribution is 2.35. The van der Waals surface area contributed by atoms with Crippen molar-refractivity contribution < 1.29 is 9.63 Å². The molecule has 1 aliphatic rings. The van der Waals surface area contributed by atoms with Crippen LogP contribution < -0.4 is 5.73 Å². The molecular formula is C14H17N3O2S2. The van der Waals surface area contributed by atoms with Gasteiger partial charge in [0.1, 0.15) is 5.75 Å². The second kappa shape index (κ2) is 6.72. The fraction of sp³-hybridized carbons (Fsp3) is 0.429. The van der Waals surface area contributed by atoms with Gasteiger partial charge in [-0.1, -0.05) is 17.3 Å². The molecule has 1 fully saturated rings. The van der Waals surface area contributed by atoms with E-state index in [2.05, 4.69) is 10.1 Å². The molecule has 0 bridgehead atoms. The highest BCUT2D eigenvalue weighted by atomic mass is 32.2. The molecule has 3 N–H and O–H groups in total. The van der Waals surface area contributed by atoms with Gasteiger partial charge < -0.3 is 15.4 Å². The number of hydrogen-bond donors (Lipinski definition) is 2. The number of phenolic OH excluding ortho intramolecular Hbond substituents is 1. The molecule has 1 aliphatic heterocycles. The van der Waals surface area contributed by atoms with Gasteiger partial charge in [0.05, 0.1) is 11.3 Å². The first-order valence-corrected chi connectivity index (χ1v) is 8.99. The SMILES string of the molecule is NC(Cc1ccc(O)cc1)c1nc(C2CSCCS2)no1. The van der Waals surface area contributed by atoms with Crippen LogP contribution in [0.1, 0.15) is 28.6 Å². The Balaban J connectivity index is 1.65. The third-order valence-corrected chi connectivity index (χ3v) is 6.02. The molecular weight excluding hydrogens is 306 g/mol. The van der Waals surface area contributed by atoms with Crippen LogP contribution in [0.5, 0.6) is 5.75 Å². The average Bonchev–Trinajstić information content (AvgIpc) is 3.00. The summed E-state index contributed by atoms with van der Waals surface area (Å²) in [6, 6.07) is 6.67. The number of aromatic nitrogens is 2. The van der Waals surface area contributed by atoms with Gasteiger partial charge in [-0.15, -0.1) is 11.8 Å². The molecule has 1 aromatic carbocycles. The first-order chi connectivity index (χ1) is 10.2. The van der Waals surface area contributed by atoms with Crippen molar-refractivity contribution in [1.29, 1.82) is 0 Å². The Labute approximate surface area is 131 Å². The number of phenols is 1. The lowest BCUT2D eigenvalue weighted by molar-refractivity contribution is 0.350. The Bertz CT molecular complexity index is 582. The first-order valence-electron chi connectivity index (χ1n) is 6.78. The molecule has 112 valence electrons. The van der Waals surface area contributed by atoms with E-state index in [1.54, 1.807) is 12.1 Å². The van der Waals surface area contributed by atoms with E-state index in [9.17, 15) is 5.11 Å². The number of benzene rings is 1. The van der Waals surface area contributed by atoms with Crippen LogP contribution in [0.4, 0.5) is 0 Å². The van der Waals surface area contributed by atoms with Gasteiger partial charge in [-0.2, -0.15) is 16.7 Å². The summed E-state index contributed by atoms with van der Waals surface area (Å²) in [5.41, 5.74) is 7.17. The van der Waals surface area contributed by atoms with E-state index in [0.29, 0.717) is 17.6 Å². The van der Waals surface area contributed by atoms with Crippen LogP contribution in [-0.2, 0) is 6.42 Å². The van der Waals surface area contributed by atoms with Crippen LogP contribution in [0.25, 0.3) is 0 Å². The predicted molar refractivity (Wildman–Crippen MR) is 85.6 cm³/mol. The van der Waals surface area contributed by atoms with Gasteiger partial charge in [0, 0.05) is 17.3 Å². The number of hydrogen-bond acceptors (Lipinski definition) is 7. The summed E-state index contributed by atoms with van der Waals surface area (Å²) >= 11 is 3.79. The van der Waals surface area contributed by atoms with E-state index in [-0.39, 0.29) is 11.8 Å². The van der Waals surface area contributed by atoms with Crippen LogP contribution in [0.15, 0.2) is 28.8 Å². The second-order valence-electron chi connectivity index (χ2n) is 4.90. The quantitative estimate of drug-likeness (QED) is 0.894. The van der Waals surface area contributed by atoms with Crippen molar-refractivity contribution in [3.05, 3.63) is 41.5 Å². The largest absolute Gasteiger partial charge is 0.508 e. The summed E-state index contributed by atoms with van der Waals surface area (Å²) in [6.45, 7) is 0. The summed E-state index contributed by atoms with van der Waals surface area (Å²) in [5, 5.41) is 13.7. The van der Waals surface area contributed by atoms with Crippen molar-refractivity contribution in [2.45, 2.75) is 17.7 Å². The molecule has 0 amide bonds. The molecule has 0 aliphatic carbocycles. The molecule has 2 unspecified atom stereocenters. The second-order valence-corrected chi connectivity index (χ2v) is 7.36. The van der Waals surface area contributed by atoms with Crippen LogP contribution in [0.2, 0.25) is 0 Å². The molecule has 1 aromatic heterocycles.